The third-order valence-corrected chi connectivity index (χ3v) is 2.64. The summed E-state index contributed by atoms with van der Waals surface area (Å²) in [5, 5.41) is 12.1. The molecule has 4 nitrogen and oxygen atoms in total. The molecule has 1 rings (SSSR count). The molecule has 0 bridgehead atoms. The van der Waals surface area contributed by atoms with Gasteiger partial charge in [-0.05, 0) is 30.5 Å². The number of hydrogen-bond donors (Lipinski definition) is 3. The van der Waals surface area contributed by atoms with E-state index in [0.29, 0.717) is 6.54 Å². The Kier molecular flexibility index (Phi) is 5.49. The van der Waals surface area contributed by atoms with E-state index in [1.807, 2.05) is 13.0 Å². The lowest BCUT2D eigenvalue weighted by Crippen LogP contribution is -2.30. The van der Waals surface area contributed by atoms with Gasteiger partial charge in [-0.25, -0.2) is 0 Å². The molecule has 0 fully saturated rings. The maximum atomic E-state index is 11.6. The van der Waals surface area contributed by atoms with E-state index in [1.165, 1.54) is 0 Å². The summed E-state index contributed by atoms with van der Waals surface area (Å²) in [7, 11) is 0. The van der Waals surface area contributed by atoms with Gasteiger partial charge in [0.15, 0.2) is 0 Å². The molecule has 0 aromatic heterocycles. The first-order chi connectivity index (χ1) is 8.11. The third kappa shape index (κ3) is 5.36. The van der Waals surface area contributed by atoms with Gasteiger partial charge in [0.05, 0.1) is 6.42 Å². The molecule has 4 N–H and O–H groups in total. The summed E-state index contributed by atoms with van der Waals surface area (Å²) in [6.45, 7) is 2.63. The lowest BCUT2D eigenvalue weighted by Gasteiger charge is -2.09. The van der Waals surface area contributed by atoms with E-state index >= 15 is 0 Å². The molecule has 0 aliphatic rings. The minimum Gasteiger partial charge on any atom is -0.508 e. The second kappa shape index (κ2) is 6.91. The van der Waals surface area contributed by atoms with E-state index in [-0.39, 0.29) is 24.1 Å². The van der Waals surface area contributed by atoms with Crippen molar-refractivity contribution in [2.75, 3.05) is 6.54 Å². The van der Waals surface area contributed by atoms with Gasteiger partial charge in [0.2, 0.25) is 5.91 Å². The fourth-order valence-corrected chi connectivity index (χ4v) is 1.52. The van der Waals surface area contributed by atoms with Crippen LogP contribution in [0.25, 0.3) is 0 Å². The molecular formula is C13H20N2O2. The molecule has 94 valence electrons. The van der Waals surface area contributed by atoms with E-state index < -0.39 is 0 Å². The minimum absolute atomic E-state index is 0.0427. The van der Waals surface area contributed by atoms with Crippen LogP contribution >= 0.6 is 0 Å². The van der Waals surface area contributed by atoms with Crippen molar-refractivity contribution in [3.05, 3.63) is 29.8 Å². The monoisotopic (exact) mass is 236 g/mol. The smallest absolute Gasteiger partial charge is 0.224 e. The molecule has 1 aromatic carbocycles. The van der Waals surface area contributed by atoms with Crippen molar-refractivity contribution in [1.82, 2.24) is 5.32 Å². The zero-order chi connectivity index (χ0) is 12.7. The Balaban J connectivity index is 2.30. The van der Waals surface area contributed by atoms with Crippen LogP contribution in [0.2, 0.25) is 0 Å². The molecule has 1 aromatic rings. The van der Waals surface area contributed by atoms with Gasteiger partial charge in [0, 0.05) is 12.6 Å². The Hall–Kier alpha value is -1.55. The van der Waals surface area contributed by atoms with E-state index in [2.05, 4.69) is 5.32 Å². The van der Waals surface area contributed by atoms with Crippen molar-refractivity contribution in [3.63, 3.8) is 0 Å². The normalized spacial score (nSPS) is 12.1. The molecule has 1 atom stereocenters. The van der Waals surface area contributed by atoms with Crippen molar-refractivity contribution in [2.45, 2.75) is 32.2 Å². The Bertz CT molecular complexity index is 366. The van der Waals surface area contributed by atoms with Gasteiger partial charge in [-0.15, -0.1) is 0 Å². The standard InChI is InChI=1S/C13H20N2O2/c1-2-11(14)6-7-15-13(17)9-10-4-3-5-12(16)8-10/h3-5,8,11,16H,2,6-7,9,14H2,1H3,(H,15,17). The topological polar surface area (TPSA) is 75.3 Å². The molecule has 17 heavy (non-hydrogen) atoms. The van der Waals surface area contributed by atoms with E-state index in [9.17, 15) is 9.90 Å². The highest BCUT2D eigenvalue weighted by molar-refractivity contribution is 5.78. The van der Waals surface area contributed by atoms with Crippen LogP contribution in [0.4, 0.5) is 0 Å². The SMILES string of the molecule is CCC(N)CCNC(=O)Cc1cccc(O)c1. The Labute approximate surface area is 102 Å². The summed E-state index contributed by atoms with van der Waals surface area (Å²) in [6.07, 6.45) is 2.00. The van der Waals surface area contributed by atoms with Crippen LogP contribution in [0.5, 0.6) is 5.75 Å². The number of aromatic hydroxyl groups is 1. The summed E-state index contributed by atoms with van der Waals surface area (Å²) in [5.74, 6) is 0.141. The molecule has 0 heterocycles. The fraction of sp³-hybridized carbons (Fsp3) is 0.462. The highest BCUT2D eigenvalue weighted by atomic mass is 16.3. The van der Waals surface area contributed by atoms with Gasteiger partial charge in [0.1, 0.15) is 5.75 Å². The lowest BCUT2D eigenvalue weighted by molar-refractivity contribution is -0.120. The largest absolute Gasteiger partial charge is 0.508 e. The van der Waals surface area contributed by atoms with Crippen molar-refractivity contribution in [2.24, 2.45) is 5.73 Å². The predicted molar refractivity (Wildman–Crippen MR) is 67.7 cm³/mol. The average Bonchev–Trinajstić information content (AvgIpc) is 2.28. The highest BCUT2D eigenvalue weighted by Crippen LogP contribution is 2.11. The van der Waals surface area contributed by atoms with Gasteiger partial charge in [0.25, 0.3) is 0 Å². The number of nitrogens with two attached hydrogens (primary N) is 1. The van der Waals surface area contributed by atoms with Crippen LogP contribution in [0.1, 0.15) is 25.3 Å². The zero-order valence-electron chi connectivity index (χ0n) is 10.1. The summed E-state index contributed by atoms with van der Waals surface area (Å²) in [4.78, 5) is 11.6. The first kappa shape index (κ1) is 13.5. The van der Waals surface area contributed by atoms with Crippen LogP contribution in [-0.4, -0.2) is 23.6 Å². The molecule has 0 radical (unpaired) electrons. The number of carbonyl (C=O) groups is 1. The molecule has 1 amide bonds. The van der Waals surface area contributed by atoms with Crippen LogP contribution in [0.3, 0.4) is 0 Å². The van der Waals surface area contributed by atoms with Crippen molar-refractivity contribution in [3.8, 4) is 5.75 Å². The zero-order valence-corrected chi connectivity index (χ0v) is 10.1. The molecular weight excluding hydrogens is 216 g/mol. The second-order valence-electron chi connectivity index (χ2n) is 4.15. The summed E-state index contributed by atoms with van der Waals surface area (Å²) < 4.78 is 0. The molecule has 0 saturated heterocycles. The van der Waals surface area contributed by atoms with Crippen LogP contribution in [-0.2, 0) is 11.2 Å². The first-order valence-corrected chi connectivity index (χ1v) is 5.92. The fourth-order valence-electron chi connectivity index (χ4n) is 1.52. The number of phenolic OH excluding ortho intramolecular Hbond substituents is 1. The van der Waals surface area contributed by atoms with Crippen LogP contribution in [0.15, 0.2) is 24.3 Å². The number of nitrogens with one attached hydrogen (secondary N) is 1. The van der Waals surface area contributed by atoms with Gasteiger partial charge in [-0.2, -0.15) is 0 Å². The third-order valence-electron chi connectivity index (χ3n) is 2.64. The van der Waals surface area contributed by atoms with Gasteiger partial charge in [-0.3, -0.25) is 4.79 Å². The maximum Gasteiger partial charge on any atom is 0.224 e. The lowest BCUT2D eigenvalue weighted by atomic mass is 10.1. The molecule has 0 aliphatic carbocycles. The van der Waals surface area contributed by atoms with Crippen molar-refractivity contribution >= 4 is 5.91 Å². The van der Waals surface area contributed by atoms with Crippen LogP contribution < -0.4 is 11.1 Å². The second-order valence-corrected chi connectivity index (χ2v) is 4.15. The molecule has 0 saturated carbocycles. The van der Waals surface area contributed by atoms with E-state index in [4.69, 9.17) is 5.73 Å². The first-order valence-electron chi connectivity index (χ1n) is 5.92. The number of carbonyl (C=O) groups excluding carboxylic acids is 1. The van der Waals surface area contributed by atoms with Crippen molar-refractivity contribution in [1.29, 1.82) is 0 Å². The minimum atomic E-state index is -0.0427. The maximum absolute atomic E-state index is 11.6. The number of rotatable bonds is 6. The molecule has 4 heteroatoms. The Morgan fingerprint density at radius 2 is 2.29 bits per heavy atom. The van der Waals surface area contributed by atoms with E-state index in [0.717, 1.165) is 18.4 Å². The average molecular weight is 236 g/mol. The highest BCUT2D eigenvalue weighted by Gasteiger charge is 2.04. The number of amides is 1. The quantitative estimate of drug-likeness (QED) is 0.694. The molecule has 1 unspecified atom stereocenters. The van der Waals surface area contributed by atoms with Gasteiger partial charge >= 0.3 is 0 Å². The Morgan fingerprint density at radius 3 is 2.94 bits per heavy atom. The van der Waals surface area contributed by atoms with Crippen molar-refractivity contribution < 1.29 is 9.90 Å². The van der Waals surface area contributed by atoms with Gasteiger partial charge in [-0.1, -0.05) is 19.1 Å². The number of benzene rings is 1. The number of hydrogen-bond acceptors (Lipinski definition) is 3. The summed E-state index contributed by atoms with van der Waals surface area (Å²) in [5.41, 5.74) is 6.55. The van der Waals surface area contributed by atoms with Crippen LogP contribution in [0, 0.1) is 0 Å². The van der Waals surface area contributed by atoms with E-state index in [1.54, 1.807) is 18.2 Å². The van der Waals surface area contributed by atoms with Gasteiger partial charge < -0.3 is 16.2 Å². The number of phenols is 1. The predicted octanol–water partition coefficient (Wildman–Crippen LogP) is 1.18. The summed E-state index contributed by atoms with van der Waals surface area (Å²) >= 11 is 0. The molecule has 0 spiro atoms. The summed E-state index contributed by atoms with van der Waals surface area (Å²) in [6, 6.07) is 6.87. The molecule has 0 aliphatic heterocycles. The Morgan fingerprint density at radius 1 is 1.53 bits per heavy atom.